The number of hydrogen-bond acceptors (Lipinski definition) is 4. The number of carbonyl (C=O) groups is 1. The second-order valence-corrected chi connectivity index (χ2v) is 9.11. The van der Waals surface area contributed by atoms with Crippen molar-refractivity contribution < 1.29 is 14.3 Å². The van der Waals surface area contributed by atoms with E-state index in [1.165, 1.54) is 18.9 Å². The van der Waals surface area contributed by atoms with Crippen LogP contribution in [0.3, 0.4) is 0 Å². The average Bonchev–Trinajstić information content (AvgIpc) is 3.59. The van der Waals surface area contributed by atoms with Crippen molar-refractivity contribution in [2.75, 3.05) is 26.2 Å². The average molecular weight is 385 g/mol. The van der Waals surface area contributed by atoms with Crippen molar-refractivity contribution in [2.45, 2.75) is 51.0 Å². The number of nitrogens with one attached hydrogen (secondary N) is 1. The van der Waals surface area contributed by atoms with Crippen LogP contribution < -0.4 is 5.32 Å². The van der Waals surface area contributed by atoms with Gasteiger partial charge in [0, 0.05) is 19.1 Å². The van der Waals surface area contributed by atoms with Gasteiger partial charge in [-0.05, 0) is 81.1 Å². The lowest BCUT2D eigenvalue weighted by molar-refractivity contribution is -0.144. The molecule has 0 spiro atoms. The minimum absolute atomic E-state index is 0.0198. The van der Waals surface area contributed by atoms with Crippen LogP contribution in [0, 0.1) is 28.0 Å². The summed E-state index contributed by atoms with van der Waals surface area (Å²) in [5.74, 6) is -0.963. The molecule has 2 aliphatic carbocycles. The third-order valence-electron chi connectivity index (χ3n) is 6.84. The summed E-state index contributed by atoms with van der Waals surface area (Å²) < 4.78 is 14.5. The molecule has 0 atom stereocenters. The third kappa shape index (κ3) is 4.21. The van der Waals surface area contributed by atoms with Crippen LogP contribution in [0.5, 0.6) is 0 Å². The molecule has 4 rings (SSSR count). The summed E-state index contributed by atoms with van der Waals surface area (Å²) in [6.07, 6.45) is 6.52. The predicted molar refractivity (Wildman–Crippen MR) is 103 cm³/mol. The number of hydrogen-bond donors (Lipinski definition) is 2. The Labute approximate surface area is 165 Å². The molecule has 2 N–H and O–H groups in total. The Kier molecular flexibility index (Phi) is 5.15. The molecule has 1 aromatic carbocycles. The molecule has 28 heavy (non-hydrogen) atoms. The quantitative estimate of drug-likeness (QED) is 0.720. The van der Waals surface area contributed by atoms with Gasteiger partial charge in [0.05, 0.1) is 17.0 Å². The fourth-order valence-electron chi connectivity index (χ4n) is 4.43. The van der Waals surface area contributed by atoms with Crippen LogP contribution in [-0.4, -0.2) is 48.2 Å². The fourth-order valence-corrected chi connectivity index (χ4v) is 4.43. The van der Waals surface area contributed by atoms with Gasteiger partial charge in [-0.1, -0.05) is 6.07 Å². The highest BCUT2D eigenvalue weighted by Crippen LogP contribution is 2.47. The number of aliphatic carboxylic acids is 1. The number of nitriles is 1. The summed E-state index contributed by atoms with van der Waals surface area (Å²) in [5.41, 5.74) is 0.485. The Hall–Kier alpha value is -1.97. The first-order chi connectivity index (χ1) is 13.4. The molecule has 1 aliphatic heterocycles. The monoisotopic (exact) mass is 385 g/mol. The van der Waals surface area contributed by atoms with Crippen LogP contribution >= 0.6 is 0 Å². The number of halogens is 1. The zero-order chi connectivity index (χ0) is 19.8. The number of carboxylic acid groups (broad SMARTS) is 1. The highest BCUT2D eigenvalue weighted by molar-refractivity contribution is 5.78. The lowest BCUT2D eigenvalue weighted by Crippen LogP contribution is -2.48. The van der Waals surface area contributed by atoms with Crippen LogP contribution in [0.2, 0.25) is 0 Å². The number of nitrogens with zero attached hydrogens (tertiary/aromatic N) is 2. The number of benzene rings is 1. The Morgan fingerprint density at radius 1 is 1.29 bits per heavy atom. The highest BCUT2D eigenvalue weighted by Gasteiger charge is 2.51. The standard InChI is InChI=1S/C22H28FN3O2/c23-19-11-16(13-24)1-2-17(19)12-21(14-25-18-3-4-18)7-9-26(10-8-21)15-22(5-6-22)20(27)28/h1-2,11,18,25H,3-10,12,14-15H2,(H,27,28). The van der Waals surface area contributed by atoms with Gasteiger partial charge in [0.1, 0.15) is 5.82 Å². The van der Waals surface area contributed by atoms with Crippen LogP contribution in [0.25, 0.3) is 0 Å². The number of carboxylic acids is 1. The molecule has 2 saturated carbocycles. The summed E-state index contributed by atoms with van der Waals surface area (Å²) in [4.78, 5) is 13.8. The maximum Gasteiger partial charge on any atom is 0.310 e. The van der Waals surface area contributed by atoms with Gasteiger partial charge in [-0.25, -0.2) is 4.39 Å². The molecule has 0 unspecified atom stereocenters. The molecule has 1 heterocycles. The van der Waals surface area contributed by atoms with Crippen molar-refractivity contribution in [2.24, 2.45) is 10.8 Å². The summed E-state index contributed by atoms with van der Waals surface area (Å²) in [7, 11) is 0. The molecule has 150 valence electrons. The van der Waals surface area contributed by atoms with Crippen molar-refractivity contribution in [3.8, 4) is 6.07 Å². The first kappa shape index (κ1) is 19.4. The molecule has 0 bridgehead atoms. The second kappa shape index (κ2) is 7.46. The molecule has 1 saturated heterocycles. The normalized spacial score (nSPS) is 23.1. The van der Waals surface area contributed by atoms with E-state index in [1.54, 1.807) is 12.1 Å². The first-order valence-corrected chi connectivity index (χ1v) is 10.3. The molecule has 3 aliphatic rings. The number of piperidine rings is 1. The van der Waals surface area contributed by atoms with Gasteiger partial charge in [0.2, 0.25) is 0 Å². The van der Waals surface area contributed by atoms with E-state index in [4.69, 9.17) is 5.26 Å². The van der Waals surface area contributed by atoms with Crippen LogP contribution in [-0.2, 0) is 11.2 Å². The fraction of sp³-hybridized carbons (Fsp3) is 0.636. The minimum Gasteiger partial charge on any atom is -0.481 e. The number of rotatable bonds is 8. The molecule has 1 aromatic rings. The van der Waals surface area contributed by atoms with E-state index in [2.05, 4.69) is 10.2 Å². The Morgan fingerprint density at radius 3 is 2.54 bits per heavy atom. The van der Waals surface area contributed by atoms with E-state index in [0.717, 1.165) is 45.3 Å². The molecule has 0 radical (unpaired) electrons. The smallest absolute Gasteiger partial charge is 0.310 e. The van der Waals surface area contributed by atoms with E-state index in [0.29, 0.717) is 30.1 Å². The zero-order valence-electron chi connectivity index (χ0n) is 16.2. The maximum absolute atomic E-state index is 14.5. The van der Waals surface area contributed by atoms with Crippen molar-refractivity contribution in [1.29, 1.82) is 5.26 Å². The van der Waals surface area contributed by atoms with E-state index in [9.17, 15) is 14.3 Å². The lowest BCUT2D eigenvalue weighted by Gasteiger charge is -2.43. The van der Waals surface area contributed by atoms with Gasteiger partial charge in [-0.2, -0.15) is 5.26 Å². The van der Waals surface area contributed by atoms with Gasteiger partial charge in [0.25, 0.3) is 0 Å². The van der Waals surface area contributed by atoms with Crippen molar-refractivity contribution in [1.82, 2.24) is 10.2 Å². The van der Waals surface area contributed by atoms with Gasteiger partial charge in [-0.15, -0.1) is 0 Å². The van der Waals surface area contributed by atoms with Crippen molar-refractivity contribution in [3.63, 3.8) is 0 Å². The summed E-state index contributed by atoms with van der Waals surface area (Å²) >= 11 is 0. The third-order valence-corrected chi connectivity index (χ3v) is 6.84. The van der Waals surface area contributed by atoms with E-state index >= 15 is 0 Å². The van der Waals surface area contributed by atoms with Gasteiger partial charge in [-0.3, -0.25) is 4.79 Å². The Bertz CT molecular complexity index is 787. The second-order valence-electron chi connectivity index (χ2n) is 9.11. The van der Waals surface area contributed by atoms with E-state index in [-0.39, 0.29) is 11.2 Å². The molecule has 0 aromatic heterocycles. The maximum atomic E-state index is 14.5. The Morgan fingerprint density at radius 2 is 2.00 bits per heavy atom. The van der Waals surface area contributed by atoms with Crippen LogP contribution in [0.15, 0.2) is 18.2 Å². The van der Waals surface area contributed by atoms with Crippen molar-refractivity contribution >= 4 is 5.97 Å². The van der Waals surface area contributed by atoms with E-state index in [1.807, 2.05) is 6.07 Å². The summed E-state index contributed by atoms with van der Waals surface area (Å²) in [6, 6.07) is 7.37. The van der Waals surface area contributed by atoms with Gasteiger partial charge >= 0.3 is 5.97 Å². The molecule has 6 heteroatoms. The molecule has 0 amide bonds. The van der Waals surface area contributed by atoms with E-state index < -0.39 is 11.4 Å². The topological polar surface area (TPSA) is 76.4 Å². The van der Waals surface area contributed by atoms with Crippen molar-refractivity contribution in [3.05, 3.63) is 35.1 Å². The molecule has 3 fully saturated rings. The van der Waals surface area contributed by atoms with Gasteiger partial charge < -0.3 is 15.3 Å². The Balaban J connectivity index is 1.44. The first-order valence-electron chi connectivity index (χ1n) is 10.3. The predicted octanol–water partition coefficient (Wildman–Crippen LogP) is 2.94. The molecular weight excluding hydrogens is 357 g/mol. The largest absolute Gasteiger partial charge is 0.481 e. The SMILES string of the molecule is N#Cc1ccc(CC2(CNC3CC3)CCN(CC3(C(=O)O)CC3)CC2)c(F)c1. The summed E-state index contributed by atoms with van der Waals surface area (Å²) in [6.45, 7) is 3.23. The highest BCUT2D eigenvalue weighted by atomic mass is 19.1. The summed E-state index contributed by atoms with van der Waals surface area (Å²) in [5, 5.41) is 22.1. The van der Waals surface area contributed by atoms with Crippen LogP contribution in [0.4, 0.5) is 4.39 Å². The molecular formula is C22H28FN3O2. The molecule has 5 nitrogen and oxygen atoms in total. The van der Waals surface area contributed by atoms with Crippen LogP contribution in [0.1, 0.15) is 49.7 Å². The van der Waals surface area contributed by atoms with Gasteiger partial charge in [0.15, 0.2) is 0 Å². The zero-order valence-corrected chi connectivity index (χ0v) is 16.2. The minimum atomic E-state index is -0.667. The number of likely N-dealkylation sites (tertiary alicyclic amines) is 1. The lowest BCUT2D eigenvalue weighted by atomic mass is 9.73.